The zero-order valence-electron chi connectivity index (χ0n) is 39.6. The van der Waals surface area contributed by atoms with E-state index in [4.69, 9.17) is 0 Å². The van der Waals surface area contributed by atoms with Crippen LogP contribution < -0.4 is 5.32 Å². The van der Waals surface area contributed by atoms with Gasteiger partial charge in [0.15, 0.2) is 0 Å². The van der Waals surface area contributed by atoms with Crippen molar-refractivity contribution in [1.29, 1.82) is 0 Å². The lowest BCUT2D eigenvalue weighted by Crippen LogP contribution is -2.50. The average Bonchev–Trinajstić information content (AvgIpc) is 3.24. The minimum atomic E-state index is -1.17. The van der Waals surface area contributed by atoms with E-state index in [-0.39, 0.29) is 12.5 Å². The summed E-state index contributed by atoms with van der Waals surface area (Å²) in [5, 5.41) is 33.5. The number of aliphatic hydroxyl groups excluding tert-OH is 3. The number of carbonyl (C=O) groups excluding carboxylic acids is 1. The highest BCUT2D eigenvalue weighted by Gasteiger charge is 2.26. The standard InChI is InChI=1S/C54H103NO4/c1-3-5-7-9-11-13-15-17-18-19-20-21-22-23-24-25-26-27-28-29-30-31-32-33-34-35-37-39-41-43-45-47-49-53(58)55-51(50-56)54(59)52(57)48-46-44-42-40-38-36-16-14-12-10-8-6-4-2/h14,16,23-24,40,42,51-52,54,56-57,59H,3-13,15,17-22,25-39,41,43-50H2,1-2H3,(H,55,58)/b16-14+,24-23-,42-40+. The predicted molar refractivity (Wildman–Crippen MR) is 259 cm³/mol. The third kappa shape index (κ3) is 44.4. The van der Waals surface area contributed by atoms with Crippen LogP contribution in [0, 0.1) is 0 Å². The van der Waals surface area contributed by atoms with E-state index in [0.717, 1.165) is 44.9 Å². The number of carbonyl (C=O) groups is 1. The van der Waals surface area contributed by atoms with Crippen LogP contribution in [0.15, 0.2) is 36.5 Å². The van der Waals surface area contributed by atoms with Gasteiger partial charge in [-0.15, -0.1) is 0 Å². The van der Waals surface area contributed by atoms with Gasteiger partial charge in [-0.3, -0.25) is 4.79 Å². The van der Waals surface area contributed by atoms with Crippen molar-refractivity contribution in [3.63, 3.8) is 0 Å². The maximum Gasteiger partial charge on any atom is 0.220 e. The molecule has 0 bridgehead atoms. The lowest BCUT2D eigenvalue weighted by atomic mass is 10.0. The SMILES string of the molecule is CCCCCC/C=C/CC/C=C/CCCC(O)C(O)C(CO)NC(=O)CCCCCCCCCCCCCCCCCC/C=C\CCCCCCCCCCCCCC. The third-order valence-electron chi connectivity index (χ3n) is 12.2. The van der Waals surface area contributed by atoms with Crippen molar-refractivity contribution in [3.8, 4) is 0 Å². The van der Waals surface area contributed by atoms with Gasteiger partial charge in [-0.05, 0) is 77.0 Å². The minimum Gasteiger partial charge on any atom is -0.394 e. The molecule has 5 nitrogen and oxygen atoms in total. The fourth-order valence-electron chi connectivity index (χ4n) is 8.12. The molecule has 3 unspecified atom stereocenters. The monoisotopic (exact) mass is 830 g/mol. The van der Waals surface area contributed by atoms with Gasteiger partial charge in [-0.25, -0.2) is 0 Å². The van der Waals surface area contributed by atoms with Gasteiger partial charge in [0.05, 0.1) is 18.8 Å². The molecule has 1 amide bonds. The summed E-state index contributed by atoms with van der Waals surface area (Å²) in [5.74, 6) is -0.156. The quantitative estimate of drug-likeness (QED) is 0.0363. The van der Waals surface area contributed by atoms with Crippen molar-refractivity contribution >= 4 is 5.91 Å². The molecular formula is C54H103NO4. The van der Waals surface area contributed by atoms with Crippen molar-refractivity contribution in [1.82, 2.24) is 5.32 Å². The van der Waals surface area contributed by atoms with Gasteiger partial charge in [0.25, 0.3) is 0 Å². The Kier molecular flexibility index (Phi) is 48.0. The number of allylic oxidation sites excluding steroid dienone is 6. The number of aliphatic hydroxyl groups is 3. The topological polar surface area (TPSA) is 89.8 Å². The van der Waals surface area contributed by atoms with Crippen molar-refractivity contribution in [3.05, 3.63) is 36.5 Å². The highest BCUT2D eigenvalue weighted by molar-refractivity contribution is 5.76. The van der Waals surface area contributed by atoms with E-state index in [2.05, 4.69) is 55.6 Å². The van der Waals surface area contributed by atoms with Crippen LogP contribution in [0.4, 0.5) is 0 Å². The van der Waals surface area contributed by atoms with Gasteiger partial charge in [0.1, 0.15) is 6.10 Å². The Balaban J connectivity index is 3.51. The predicted octanol–water partition coefficient (Wildman–Crippen LogP) is 15.9. The Labute approximate surface area is 368 Å². The maximum absolute atomic E-state index is 12.5. The lowest BCUT2D eigenvalue weighted by molar-refractivity contribution is -0.124. The molecule has 0 aromatic carbocycles. The van der Waals surface area contributed by atoms with E-state index in [1.54, 1.807) is 0 Å². The van der Waals surface area contributed by atoms with Gasteiger partial charge < -0.3 is 20.6 Å². The second kappa shape index (κ2) is 49.2. The van der Waals surface area contributed by atoms with Gasteiger partial charge in [0, 0.05) is 6.42 Å². The van der Waals surface area contributed by atoms with Crippen LogP contribution in [0.1, 0.15) is 277 Å². The summed E-state index contributed by atoms with van der Waals surface area (Å²) in [6.07, 6.45) is 63.0. The van der Waals surface area contributed by atoms with Crippen LogP contribution in [-0.4, -0.2) is 46.1 Å². The first kappa shape index (κ1) is 57.6. The molecule has 0 radical (unpaired) electrons. The van der Waals surface area contributed by atoms with Gasteiger partial charge in [0.2, 0.25) is 5.91 Å². The van der Waals surface area contributed by atoms with Gasteiger partial charge >= 0.3 is 0 Å². The van der Waals surface area contributed by atoms with Crippen molar-refractivity contribution in [2.24, 2.45) is 0 Å². The smallest absolute Gasteiger partial charge is 0.220 e. The average molecular weight is 830 g/mol. The number of rotatable bonds is 48. The number of amides is 1. The summed E-state index contributed by atoms with van der Waals surface area (Å²) < 4.78 is 0. The fraction of sp³-hybridized carbons (Fsp3) is 0.870. The van der Waals surface area contributed by atoms with Crippen molar-refractivity contribution in [2.45, 2.75) is 295 Å². The second-order valence-electron chi connectivity index (χ2n) is 18.1. The highest BCUT2D eigenvalue weighted by atomic mass is 16.3. The molecule has 0 fully saturated rings. The van der Waals surface area contributed by atoms with E-state index in [1.165, 1.54) is 205 Å². The highest BCUT2D eigenvalue weighted by Crippen LogP contribution is 2.16. The molecule has 0 spiro atoms. The molecule has 0 aromatic heterocycles. The molecule has 348 valence electrons. The Morgan fingerprint density at radius 1 is 0.407 bits per heavy atom. The first-order chi connectivity index (χ1) is 29.1. The molecule has 0 saturated carbocycles. The lowest BCUT2D eigenvalue weighted by Gasteiger charge is -2.26. The van der Waals surface area contributed by atoms with Crippen LogP contribution in [-0.2, 0) is 4.79 Å². The van der Waals surface area contributed by atoms with Crippen LogP contribution >= 0.6 is 0 Å². The summed E-state index contributed by atoms with van der Waals surface area (Å²) in [6.45, 7) is 4.15. The molecule has 0 rings (SSSR count). The van der Waals surface area contributed by atoms with Gasteiger partial charge in [-0.2, -0.15) is 0 Å². The Morgan fingerprint density at radius 3 is 1.05 bits per heavy atom. The maximum atomic E-state index is 12.5. The summed E-state index contributed by atoms with van der Waals surface area (Å²) >= 11 is 0. The summed E-state index contributed by atoms with van der Waals surface area (Å²) in [7, 11) is 0. The van der Waals surface area contributed by atoms with E-state index < -0.39 is 18.2 Å². The summed E-state index contributed by atoms with van der Waals surface area (Å²) in [6, 6.07) is -0.831. The largest absolute Gasteiger partial charge is 0.394 e. The molecule has 0 saturated heterocycles. The molecule has 4 N–H and O–H groups in total. The van der Waals surface area contributed by atoms with E-state index in [0.29, 0.717) is 12.8 Å². The third-order valence-corrected chi connectivity index (χ3v) is 12.2. The molecule has 0 aliphatic heterocycles. The Morgan fingerprint density at radius 2 is 0.695 bits per heavy atom. The molecule has 0 aliphatic carbocycles. The number of hydrogen-bond acceptors (Lipinski definition) is 4. The van der Waals surface area contributed by atoms with Crippen molar-refractivity contribution in [2.75, 3.05) is 6.61 Å². The van der Waals surface area contributed by atoms with Crippen LogP contribution in [0.5, 0.6) is 0 Å². The molecule has 3 atom stereocenters. The molecule has 59 heavy (non-hydrogen) atoms. The number of nitrogens with one attached hydrogen (secondary N) is 1. The van der Waals surface area contributed by atoms with Crippen LogP contribution in [0.25, 0.3) is 0 Å². The zero-order valence-corrected chi connectivity index (χ0v) is 39.6. The first-order valence-corrected chi connectivity index (χ1v) is 26.3. The first-order valence-electron chi connectivity index (χ1n) is 26.3. The van der Waals surface area contributed by atoms with E-state index in [1.807, 2.05) is 0 Å². The molecule has 0 aliphatic rings. The fourth-order valence-corrected chi connectivity index (χ4v) is 8.12. The van der Waals surface area contributed by atoms with Crippen molar-refractivity contribution < 1.29 is 20.1 Å². The van der Waals surface area contributed by atoms with Crippen LogP contribution in [0.3, 0.4) is 0 Å². The normalized spacial score (nSPS) is 13.6. The molecule has 0 heterocycles. The molecule has 5 heteroatoms. The summed E-state index contributed by atoms with van der Waals surface area (Å²) in [4.78, 5) is 12.5. The molecular weight excluding hydrogens is 727 g/mol. The molecule has 0 aromatic rings. The van der Waals surface area contributed by atoms with E-state index >= 15 is 0 Å². The Hall–Kier alpha value is -1.43. The number of hydrogen-bond donors (Lipinski definition) is 4. The second-order valence-corrected chi connectivity index (χ2v) is 18.1. The zero-order chi connectivity index (χ0) is 43.0. The number of unbranched alkanes of at least 4 members (excludes halogenated alkanes) is 34. The minimum absolute atomic E-state index is 0.156. The van der Waals surface area contributed by atoms with Crippen LogP contribution in [0.2, 0.25) is 0 Å². The summed E-state index contributed by atoms with van der Waals surface area (Å²) in [5.41, 5.74) is 0. The van der Waals surface area contributed by atoms with Gasteiger partial charge in [-0.1, -0.05) is 230 Å². The van der Waals surface area contributed by atoms with E-state index in [9.17, 15) is 20.1 Å². The Bertz CT molecular complexity index is 916.